The van der Waals surface area contributed by atoms with E-state index in [1.54, 1.807) is 0 Å². The zero-order valence-electron chi connectivity index (χ0n) is 6.60. The smallest absolute Gasteiger partial charge is 0.122 e. The van der Waals surface area contributed by atoms with Gasteiger partial charge in [0.1, 0.15) is 5.84 Å². The van der Waals surface area contributed by atoms with Gasteiger partial charge in [0.2, 0.25) is 0 Å². The highest BCUT2D eigenvalue weighted by molar-refractivity contribution is 9.10. The molecule has 0 aromatic heterocycles. The number of hydrogen-bond acceptors (Lipinski definition) is 1. The minimum absolute atomic E-state index is 0. The molecular formula is C8H10BrClN2. The predicted molar refractivity (Wildman–Crippen MR) is 57.1 cm³/mol. The molecule has 0 aliphatic heterocycles. The molecule has 1 aromatic carbocycles. The van der Waals surface area contributed by atoms with Crippen LogP contribution in [0.15, 0.2) is 22.7 Å². The second-order valence-corrected chi connectivity index (χ2v) is 3.23. The Morgan fingerprint density at radius 3 is 2.50 bits per heavy atom. The van der Waals surface area contributed by atoms with Gasteiger partial charge in [-0.2, -0.15) is 0 Å². The summed E-state index contributed by atoms with van der Waals surface area (Å²) in [5, 5.41) is 7.16. The summed E-state index contributed by atoms with van der Waals surface area (Å²) >= 11 is 3.37. The highest BCUT2D eigenvalue weighted by Crippen LogP contribution is 2.16. The lowest BCUT2D eigenvalue weighted by atomic mass is 10.1. The number of halogens is 2. The van der Waals surface area contributed by atoms with Crippen LogP contribution in [0.4, 0.5) is 0 Å². The zero-order chi connectivity index (χ0) is 8.43. The minimum Gasteiger partial charge on any atom is -0.384 e. The molecule has 2 nitrogen and oxygen atoms in total. The molecule has 0 spiro atoms. The maximum atomic E-state index is 7.16. The summed E-state index contributed by atoms with van der Waals surface area (Å²) in [5.74, 6) is 0.112. The van der Waals surface area contributed by atoms with E-state index in [4.69, 9.17) is 11.1 Å². The molecule has 0 atom stereocenters. The molecule has 1 aromatic rings. The fourth-order valence-corrected chi connectivity index (χ4v) is 1.06. The molecule has 0 heterocycles. The van der Waals surface area contributed by atoms with Crippen LogP contribution in [0, 0.1) is 12.3 Å². The second kappa shape index (κ2) is 4.48. The third kappa shape index (κ3) is 2.50. The van der Waals surface area contributed by atoms with Crippen LogP contribution in [-0.2, 0) is 0 Å². The average Bonchev–Trinajstić information content (AvgIpc) is 1.94. The molecule has 0 saturated carbocycles. The van der Waals surface area contributed by atoms with Crippen molar-refractivity contribution in [1.82, 2.24) is 0 Å². The molecule has 3 N–H and O–H groups in total. The van der Waals surface area contributed by atoms with Gasteiger partial charge in [-0.1, -0.05) is 22.0 Å². The first kappa shape index (κ1) is 11.5. The number of amidine groups is 1. The summed E-state index contributed by atoms with van der Waals surface area (Å²) in [4.78, 5) is 0. The average molecular weight is 250 g/mol. The molecule has 4 heteroatoms. The monoisotopic (exact) mass is 248 g/mol. The Hall–Kier alpha value is -0.540. The summed E-state index contributed by atoms with van der Waals surface area (Å²) in [6.07, 6.45) is 0. The molecule has 0 aliphatic rings. The SMILES string of the molecule is Cc1cc(C(=N)N)ccc1Br.Cl. The Balaban J connectivity index is 0.00000121. The van der Waals surface area contributed by atoms with Gasteiger partial charge in [0.15, 0.2) is 0 Å². The first-order chi connectivity index (χ1) is 5.11. The quantitative estimate of drug-likeness (QED) is 0.583. The highest BCUT2D eigenvalue weighted by atomic mass is 79.9. The summed E-state index contributed by atoms with van der Waals surface area (Å²) in [7, 11) is 0. The van der Waals surface area contributed by atoms with Crippen molar-refractivity contribution >= 4 is 34.2 Å². The molecule has 12 heavy (non-hydrogen) atoms. The summed E-state index contributed by atoms with van der Waals surface area (Å²) in [6, 6.07) is 5.60. The molecule has 0 amide bonds. The molecule has 66 valence electrons. The van der Waals surface area contributed by atoms with Crippen LogP contribution in [0.2, 0.25) is 0 Å². The Morgan fingerprint density at radius 2 is 2.08 bits per heavy atom. The molecular weight excluding hydrogens is 239 g/mol. The van der Waals surface area contributed by atoms with Gasteiger partial charge in [0, 0.05) is 10.0 Å². The lowest BCUT2D eigenvalue weighted by Crippen LogP contribution is -2.10. The minimum atomic E-state index is 0. The fraction of sp³-hybridized carbons (Fsp3) is 0.125. The van der Waals surface area contributed by atoms with Gasteiger partial charge < -0.3 is 5.73 Å². The van der Waals surface area contributed by atoms with E-state index >= 15 is 0 Å². The number of benzene rings is 1. The van der Waals surface area contributed by atoms with Crippen molar-refractivity contribution in [2.45, 2.75) is 6.92 Å². The Labute approximate surface area is 86.2 Å². The number of nitrogen functional groups attached to an aromatic ring is 1. The van der Waals surface area contributed by atoms with Crippen molar-refractivity contribution in [2.24, 2.45) is 5.73 Å². The van der Waals surface area contributed by atoms with Crippen molar-refractivity contribution in [1.29, 1.82) is 5.41 Å². The van der Waals surface area contributed by atoms with Gasteiger partial charge in [-0.15, -0.1) is 12.4 Å². The summed E-state index contributed by atoms with van der Waals surface area (Å²) < 4.78 is 1.04. The van der Waals surface area contributed by atoms with Gasteiger partial charge in [-0.05, 0) is 24.6 Å². The molecule has 0 bridgehead atoms. The second-order valence-electron chi connectivity index (χ2n) is 2.38. The first-order valence-electron chi connectivity index (χ1n) is 3.22. The van der Waals surface area contributed by atoms with Crippen LogP contribution in [0.25, 0.3) is 0 Å². The normalized spacial score (nSPS) is 8.83. The maximum absolute atomic E-state index is 7.16. The van der Waals surface area contributed by atoms with Crippen LogP contribution in [0.3, 0.4) is 0 Å². The van der Waals surface area contributed by atoms with E-state index in [0.29, 0.717) is 0 Å². The van der Waals surface area contributed by atoms with Gasteiger partial charge >= 0.3 is 0 Å². The lowest BCUT2D eigenvalue weighted by molar-refractivity contribution is 1.37. The van der Waals surface area contributed by atoms with Crippen molar-refractivity contribution in [3.05, 3.63) is 33.8 Å². The number of nitrogens with two attached hydrogens (primary N) is 1. The predicted octanol–water partition coefficient (Wildman–Crippen LogP) is 2.46. The van der Waals surface area contributed by atoms with Crippen molar-refractivity contribution in [3.8, 4) is 0 Å². The molecule has 0 aliphatic carbocycles. The van der Waals surface area contributed by atoms with Gasteiger partial charge in [-0.3, -0.25) is 5.41 Å². The van der Waals surface area contributed by atoms with Crippen molar-refractivity contribution in [2.75, 3.05) is 0 Å². The van der Waals surface area contributed by atoms with E-state index in [-0.39, 0.29) is 18.2 Å². The van der Waals surface area contributed by atoms with Crippen LogP contribution in [0.1, 0.15) is 11.1 Å². The van der Waals surface area contributed by atoms with Gasteiger partial charge in [0.05, 0.1) is 0 Å². The van der Waals surface area contributed by atoms with Gasteiger partial charge in [0.25, 0.3) is 0 Å². The number of hydrogen-bond donors (Lipinski definition) is 2. The summed E-state index contributed by atoms with van der Waals surface area (Å²) in [5.41, 5.74) is 7.16. The zero-order valence-corrected chi connectivity index (χ0v) is 9.00. The molecule has 0 unspecified atom stereocenters. The van der Waals surface area contributed by atoms with Crippen molar-refractivity contribution < 1.29 is 0 Å². The fourth-order valence-electron chi connectivity index (χ4n) is 0.812. The molecule has 1 rings (SSSR count). The van der Waals surface area contributed by atoms with Crippen LogP contribution >= 0.6 is 28.3 Å². The number of nitrogens with one attached hydrogen (secondary N) is 1. The Morgan fingerprint density at radius 1 is 1.50 bits per heavy atom. The third-order valence-corrected chi connectivity index (χ3v) is 2.36. The lowest BCUT2D eigenvalue weighted by Gasteiger charge is -2.00. The third-order valence-electron chi connectivity index (χ3n) is 1.47. The van der Waals surface area contributed by atoms with E-state index < -0.39 is 0 Å². The van der Waals surface area contributed by atoms with Crippen molar-refractivity contribution in [3.63, 3.8) is 0 Å². The van der Waals surface area contributed by atoms with Crippen LogP contribution in [-0.4, -0.2) is 5.84 Å². The standard InChI is InChI=1S/C8H9BrN2.ClH/c1-5-4-6(8(10)11)2-3-7(5)9;/h2-4H,1H3,(H3,10,11);1H. The maximum Gasteiger partial charge on any atom is 0.122 e. The van der Waals surface area contributed by atoms with Crippen LogP contribution < -0.4 is 5.73 Å². The van der Waals surface area contributed by atoms with Gasteiger partial charge in [-0.25, -0.2) is 0 Å². The van der Waals surface area contributed by atoms with E-state index in [1.165, 1.54) is 0 Å². The van der Waals surface area contributed by atoms with E-state index in [2.05, 4.69) is 15.9 Å². The topological polar surface area (TPSA) is 49.9 Å². The van der Waals surface area contributed by atoms with E-state index in [0.717, 1.165) is 15.6 Å². The highest BCUT2D eigenvalue weighted by Gasteiger charge is 1.98. The van der Waals surface area contributed by atoms with E-state index in [1.807, 2.05) is 25.1 Å². The largest absolute Gasteiger partial charge is 0.384 e. The Kier molecular flexibility index (Phi) is 4.28. The number of rotatable bonds is 1. The van der Waals surface area contributed by atoms with Crippen LogP contribution in [0.5, 0.6) is 0 Å². The Bertz CT molecular complexity index is 299. The van der Waals surface area contributed by atoms with E-state index in [9.17, 15) is 0 Å². The summed E-state index contributed by atoms with van der Waals surface area (Å²) in [6.45, 7) is 1.97. The molecule has 0 fully saturated rings. The molecule has 0 saturated heterocycles. The number of aryl methyl sites for hydroxylation is 1. The first-order valence-corrected chi connectivity index (χ1v) is 4.01. The molecule has 0 radical (unpaired) electrons.